The zero-order valence-corrected chi connectivity index (χ0v) is 22.9. The van der Waals surface area contributed by atoms with Crippen LogP contribution in [0.4, 0.5) is 11.4 Å². The second-order valence-corrected chi connectivity index (χ2v) is 11.3. The lowest BCUT2D eigenvalue weighted by Gasteiger charge is -2.25. The van der Waals surface area contributed by atoms with Crippen LogP contribution in [0.1, 0.15) is 5.56 Å². The van der Waals surface area contributed by atoms with Crippen molar-refractivity contribution in [2.75, 3.05) is 30.4 Å². The highest BCUT2D eigenvalue weighted by atomic mass is 32.2. The number of sulfonamides is 1. The van der Waals surface area contributed by atoms with E-state index in [1.807, 2.05) is 55.5 Å². The molecule has 0 heterocycles. The molecule has 0 aliphatic carbocycles. The Morgan fingerprint density at radius 2 is 1.50 bits per heavy atom. The third-order valence-corrected chi connectivity index (χ3v) is 8.54. The van der Waals surface area contributed by atoms with E-state index in [0.717, 1.165) is 19.7 Å². The lowest BCUT2D eigenvalue weighted by molar-refractivity contribution is -0.114. The fourth-order valence-electron chi connectivity index (χ4n) is 3.72. The van der Waals surface area contributed by atoms with E-state index in [-0.39, 0.29) is 10.6 Å². The Bertz CT molecular complexity index is 1510. The van der Waals surface area contributed by atoms with E-state index in [4.69, 9.17) is 9.47 Å². The van der Waals surface area contributed by atoms with Gasteiger partial charge in [0.15, 0.2) is 11.5 Å². The van der Waals surface area contributed by atoms with Crippen LogP contribution in [0.5, 0.6) is 11.5 Å². The summed E-state index contributed by atoms with van der Waals surface area (Å²) in [7, 11) is -1.23. The zero-order valence-electron chi connectivity index (χ0n) is 21.2. The zero-order chi connectivity index (χ0) is 27.1. The number of hydrogen-bond acceptors (Lipinski definition) is 6. The summed E-state index contributed by atoms with van der Waals surface area (Å²) >= 11 is 1.51. The molecule has 4 rings (SSSR count). The average Bonchev–Trinajstić information content (AvgIpc) is 2.93. The third-order valence-electron chi connectivity index (χ3n) is 5.68. The van der Waals surface area contributed by atoms with Crippen molar-refractivity contribution in [2.45, 2.75) is 21.6 Å². The van der Waals surface area contributed by atoms with E-state index in [0.29, 0.717) is 17.1 Å². The van der Waals surface area contributed by atoms with Crippen LogP contribution in [0.15, 0.2) is 112 Å². The van der Waals surface area contributed by atoms with Crippen LogP contribution in [0.3, 0.4) is 0 Å². The van der Waals surface area contributed by atoms with Gasteiger partial charge in [0, 0.05) is 15.9 Å². The number of amides is 1. The van der Waals surface area contributed by atoms with E-state index < -0.39 is 22.5 Å². The highest BCUT2D eigenvalue weighted by Gasteiger charge is 2.28. The van der Waals surface area contributed by atoms with Gasteiger partial charge in [0.1, 0.15) is 6.54 Å². The van der Waals surface area contributed by atoms with Crippen LogP contribution in [-0.4, -0.2) is 35.1 Å². The molecule has 4 aromatic rings. The van der Waals surface area contributed by atoms with Crippen LogP contribution in [0.25, 0.3) is 0 Å². The van der Waals surface area contributed by atoms with Crippen molar-refractivity contribution in [2.24, 2.45) is 0 Å². The quantitative estimate of drug-likeness (QED) is 0.262. The summed E-state index contributed by atoms with van der Waals surface area (Å²) in [5, 5.41) is 2.90. The highest BCUT2D eigenvalue weighted by molar-refractivity contribution is 7.99. The molecule has 0 fully saturated rings. The van der Waals surface area contributed by atoms with Gasteiger partial charge in [0.25, 0.3) is 10.0 Å². The molecule has 1 amide bonds. The number of rotatable bonds is 10. The number of carbonyl (C=O) groups excluding carboxylic acids is 1. The van der Waals surface area contributed by atoms with Crippen LogP contribution in [0, 0.1) is 6.92 Å². The van der Waals surface area contributed by atoms with Gasteiger partial charge in [-0.2, -0.15) is 0 Å². The third kappa shape index (κ3) is 6.30. The molecule has 7 nitrogen and oxygen atoms in total. The molecular weight excluding hydrogens is 520 g/mol. The predicted molar refractivity (Wildman–Crippen MR) is 151 cm³/mol. The van der Waals surface area contributed by atoms with Crippen LogP contribution < -0.4 is 19.1 Å². The molecule has 38 heavy (non-hydrogen) atoms. The topological polar surface area (TPSA) is 84.9 Å². The molecule has 0 saturated heterocycles. The van der Waals surface area contributed by atoms with Gasteiger partial charge < -0.3 is 14.8 Å². The van der Waals surface area contributed by atoms with E-state index in [2.05, 4.69) is 5.32 Å². The van der Waals surface area contributed by atoms with Crippen molar-refractivity contribution in [3.8, 4) is 11.5 Å². The second-order valence-electron chi connectivity index (χ2n) is 8.32. The van der Waals surface area contributed by atoms with E-state index in [1.54, 1.807) is 30.3 Å². The molecule has 196 valence electrons. The van der Waals surface area contributed by atoms with Gasteiger partial charge in [0.05, 0.1) is 30.5 Å². The first-order chi connectivity index (χ1) is 18.3. The Morgan fingerprint density at radius 3 is 2.18 bits per heavy atom. The number of nitrogens with one attached hydrogen (secondary N) is 1. The standard InChI is InChI=1S/C29H28N2O5S2/c1-21-13-15-22(16-14-21)31(38(33,34)24-17-18-26(35-2)27(19-24)36-3)20-29(32)30-25-11-7-8-12-28(25)37-23-9-5-4-6-10-23/h4-19H,20H2,1-3H3,(H,30,32). The van der Waals surface area contributed by atoms with Gasteiger partial charge in [-0.25, -0.2) is 8.42 Å². The fourth-order valence-corrected chi connectivity index (χ4v) is 6.08. The number of nitrogens with zero attached hydrogens (tertiary/aromatic N) is 1. The number of benzene rings is 4. The molecule has 0 atom stereocenters. The van der Waals surface area contributed by atoms with Gasteiger partial charge in [-0.15, -0.1) is 0 Å². The summed E-state index contributed by atoms with van der Waals surface area (Å²) in [4.78, 5) is 15.1. The van der Waals surface area contributed by atoms with Crippen molar-refractivity contribution < 1.29 is 22.7 Å². The molecule has 9 heteroatoms. The normalized spacial score (nSPS) is 11.0. The molecule has 1 N–H and O–H groups in total. The maximum absolute atomic E-state index is 13.8. The van der Waals surface area contributed by atoms with Gasteiger partial charge in [-0.1, -0.05) is 59.8 Å². The van der Waals surface area contributed by atoms with Crippen molar-refractivity contribution >= 4 is 39.1 Å². The smallest absolute Gasteiger partial charge is 0.264 e. The Balaban J connectivity index is 1.65. The van der Waals surface area contributed by atoms with Crippen molar-refractivity contribution in [3.63, 3.8) is 0 Å². The SMILES string of the molecule is COc1ccc(S(=O)(=O)N(CC(=O)Nc2ccccc2Sc2ccccc2)c2ccc(C)cc2)cc1OC. The lowest BCUT2D eigenvalue weighted by Crippen LogP contribution is -2.38. The van der Waals surface area contributed by atoms with Crippen LogP contribution >= 0.6 is 11.8 Å². The fraction of sp³-hybridized carbons (Fsp3) is 0.138. The molecule has 0 aliphatic heterocycles. The van der Waals surface area contributed by atoms with Gasteiger partial charge in [-0.05, 0) is 55.5 Å². The predicted octanol–water partition coefficient (Wildman–Crippen LogP) is 6.00. The molecule has 0 radical (unpaired) electrons. The van der Waals surface area contributed by atoms with Crippen molar-refractivity contribution in [3.05, 3.63) is 103 Å². The minimum atomic E-state index is -4.14. The molecule has 0 spiro atoms. The van der Waals surface area contributed by atoms with E-state index >= 15 is 0 Å². The highest BCUT2D eigenvalue weighted by Crippen LogP contribution is 2.34. The largest absolute Gasteiger partial charge is 0.493 e. The van der Waals surface area contributed by atoms with Crippen molar-refractivity contribution in [1.29, 1.82) is 0 Å². The van der Waals surface area contributed by atoms with Gasteiger partial charge >= 0.3 is 0 Å². The minimum absolute atomic E-state index is 0.0245. The van der Waals surface area contributed by atoms with Gasteiger partial charge in [-0.3, -0.25) is 9.10 Å². The Labute approximate surface area is 227 Å². The summed E-state index contributed by atoms with van der Waals surface area (Å²) in [6.45, 7) is 1.48. The number of carbonyl (C=O) groups is 1. The number of para-hydroxylation sites is 1. The molecule has 0 bridgehead atoms. The maximum Gasteiger partial charge on any atom is 0.264 e. The first kappa shape index (κ1) is 27.1. The number of hydrogen-bond donors (Lipinski definition) is 1. The summed E-state index contributed by atoms with van der Waals surface area (Å²) in [6.07, 6.45) is 0. The van der Waals surface area contributed by atoms with E-state index in [1.165, 1.54) is 44.2 Å². The maximum atomic E-state index is 13.8. The molecule has 0 saturated carbocycles. The number of methoxy groups -OCH3 is 2. The minimum Gasteiger partial charge on any atom is -0.493 e. The summed E-state index contributed by atoms with van der Waals surface area (Å²) in [5.41, 5.74) is 1.93. The summed E-state index contributed by atoms with van der Waals surface area (Å²) in [5.74, 6) is 0.197. The lowest BCUT2D eigenvalue weighted by atomic mass is 10.2. The van der Waals surface area contributed by atoms with Gasteiger partial charge in [0.2, 0.25) is 5.91 Å². The summed E-state index contributed by atoms with van der Waals surface area (Å²) in [6, 6.07) is 28.5. The van der Waals surface area contributed by atoms with Crippen LogP contribution in [-0.2, 0) is 14.8 Å². The molecule has 0 aliphatic rings. The molecular formula is C29H28N2O5S2. The molecule has 0 aromatic heterocycles. The Morgan fingerprint density at radius 1 is 0.842 bits per heavy atom. The molecule has 4 aromatic carbocycles. The Kier molecular flexibility index (Phi) is 8.60. The number of aryl methyl sites for hydroxylation is 1. The summed E-state index contributed by atoms with van der Waals surface area (Å²) < 4.78 is 39.3. The van der Waals surface area contributed by atoms with Crippen molar-refractivity contribution in [1.82, 2.24) is 0 Å². The first-order valence-electron chi connectivity index (χ1n) is 11.7. The Hall–Kier alpha value is -3.95. The monoisotopic (exact) mass is 548 g/mol. The van der Waals surface area contributed by atoms with E-state index in [9.17, 15) is 13.2 Å². The number of ether oxygens (including phenoxy) is 2. The average molecular weight is 549 g/mol. The number of anilines is 2. The van der Waals surface area contributed by atoms with Crippen LogP contribution in [0.2, 0.25) is 0 Å². The second kappa shape index (κ2) is 12.1. The first-order valence-corrected chi connectivity index (χ1v) is 14.0. The molecule has 0 unspecified atom stereocenters.